The topological polar surface area (TPSA) is 61.8 Å². The fraction of sp³-hybridized carbons (Fsp3) is 0.944. The number of sulfone groups is 1. The van der Waals surface area contributed by atoms with E-state index in [-0.39, 0.29) is 5.92 Å². The third-order valence-corrected chi connectivity index (χ3v) is 9.05. The molecular formula is C18H33N3O2S2. The number of nitrogens with one attached hydrogen (secondary N) is 1. The van der Waals surface area contributed by atoms with Crippen molar-refractivity contribution in [3.05, 3.63) is 0 Å². The minimum absolute atomic E-state index is 0.200. The van der Waals surface area contributed by atoms with E-state index in [2.05, 4.69) is 28.9 Å². The first-order chi connectivity index (χ1) is 12.0. The van der Waals surface area contributed by atoms with Crippen molar-refractivity contribution >= 4 is 27.6 Å². The van der Waals surface area contributed by atoms with Crippen LogP contribution in [-0.2, 0) is 9.84 Å². The maximum absolute atomic E-state index is 11.7. The second kappa shape index (κ2) is 8.51. The summed E-state index contributed by atoms with van der Waals surface area (Å²) in [6.45, 7) is 5.88. The SMILES string of the molecule is CCCNC(=NCC1CCS(=O)(=O)C1)N1CCSC2(CCCCC2)C1. The molecule has 3 rings (SSSR count). The first-order valence-corrected chi connectivity index (χ1v) is 12.7. The summed E-state index contributed by atoms with van der Waals surface area (Å²) in [6, 6.07) is 0. The molecule has 3 aliphatic rings. The van der Waals surface area contributed by atoms with Gasteiger partial charge in [-0.2, -0.15) is 11.8 Å². The Bertz CT molecular complexity index is 565. The molecule has 0 aromatic heterocycles. The molecule has 1 unspecified atom stereocenters. The first-order valence-electron chi connectivity index (χ1n) is 9.90. The zero-order chi connectivity index (χ0) is 17.8. The first kappa shape index (κ1) is 19.3. The van der Waals surface area contributed by atoms with Gasteiger partial charge in [-0.3, -0.25) is 4.99 Å². The molecule has 1 aliphatic carbocycles. The molecule has 2 saturated heterocycles. The average Bonchev–Trinajstić information content (AvgIpc) is 2.95. The summed E-state index contributed by atoms with van der Waals surface area (Å²) in [7, 11) is -2.81. The quantitative estimate of drug-likeness (QED) is 0.593. The van der Waals surface area contributed by atoms with Gasteiger partial charge >= 0.3 is 0 Å². The minimum Gasteiger partial charge on any atom is -0.356 e. The van der Waals surface area contributed by atoms with Crippen molar-refractivity contribution in [3.63, 3.8) is 0 Å². The molecule has 25 heavy (non-hydrogen) atoms. The Labute approximate surface area is 157 Å². The number of rotatable bonds is 4. The molecule has 0 radical (unpaired) electrons. The number of hydrogen-bond donors (Lipinski definition) is 1. The van der Waals surface area contributed by atoms with Gasteiger partial charge in [0.25, 0.3) is 0 Å². The number of guanidine groups is 1. The fourth-order valence-corrected chi connectivity index (χ4v) is 7.68. The van der Waals surface area contributed by atoms with Gasteiger partial charge in [-0.15, -0.1) is 0 Å². The standard InChI is InChI=1S/C18H33N3O2S2/c1-2-9-19-17(20-13-16-6-12-25(22,23)14-16)21-10-11-24-18(15-21)7-4-3-5-8-18/h16H,2-15H2,1H3,(H,19,20). The highest BCUT2D eigenvalue weighted by Gasteiger charge is 2.38. The average molecular weight is 388 g/mol. The summed E-state index contributed by atoms with van der Waals surface area (Å²) in [4.78, 5) is 7.31. The van der Waals surface area contributed by atoms with Gasteiger partial charge in [-0.1, -0.05) is 26.2 Å². The molecule has 3 fully saturated rings. The Hall–Kier alpha value is -0.430. The molecule has 0 bridgehead atoms. The number of nitrogens with zero attached hydrogens (tertiary/aromatic N) is 2. The second-order valence-corrected chi connectivity index (χ2v) is 11.7. The normalized spacial score (nSPS) is 29.1. The third-order valence-electron chi connectivity index (χ3n) is 5.67. The van der Waals surface area contributed by atoms with Crippen molar-refractivity contribution in [2.24, 2.45) is 10.9 Å². The van der Waals surface area contributed by atoms with Crippen LogP contribution in [0, 0.1) is 5.92 Å². The fourth-order valence-electron chi connectivity index (χ4n) is 4.26. The highest BCUT2D eigenvalue weighted by molar-refractivity contribution is 8.00. The van der Waals surface area contributed by atoms with Crippen LogP contribution in [0.15, 0.2) is 4.99 Å². The molecule has 2 aliphatic heterocycles. The highest BCUT2D eigenvalue weighted by Crippen LogP contribution is 2.42. The summed E-state index contributed by atoms with van der Waals surface area (Å²) in [5.41, 5.74) is 0. The van der Waals surface area contributed by atoms with Crippen LogP contribution < -0.4 is 5.32 Å². The van der Waals surface area contributed by atoms with Crippen LogP contribution in [0.3, 0.4) is 0 Å². The molecule has 0 amide bonds. The van der Waals surface area contributed by atoms with Crippen LogP contribution >= 0.6 is 11.8 Å². The number of hydrogen-bond acceptors (Lipinski definition) is 4. The molecule has 1 N–H and O–H groups in total. The van der Waals surface area contributed by atoms with Crippen molar-refractivity contribution in [2.45, 2.75) is 56.6 Å². The van der Waals surface area contributed by atoms with E-state index in [1.54, 1.807) is 0 Å². The Kier molecular flexibility index (Phi) is 6.58. The second-order valence-electron chi connectivity index (χ2n) is 7.87. The summed E-state index contributed by atoms with van der Waals surface area (Å²) in [5, 5.41) is 3.52. The van der Waals surface area contributed by atoms with Gasteiger partial charge in [0.1, 0.15) is 0 Å². The summed E-state index contributed by atoms with van der Waals surface area (Å²) < 4.78 is 23.8. The summed E-state index contributed by atoms with van der Waals surface area (Å²) >= 11 is 2.17. The van der Waals surface area contributed by atoms with Crippen molar-refractivity contribution in [1.82, 2.24) is 10.2 Å². The van der Waals surface area contributed by atoms with E-state index in [1.807, 2.05) is 0 Å². The largest absolute Gasteiger partial charge is 0.356 e. The highest BCUT2D eigenvalue weighted by atomic mass is 32.2. The monoisotopic (exact) mass is 387 g/mol. The van der Waals surface area contributed by atoms with Crippen molar-refractivity contribution in [1.29, 1.82) is 0 Å². The van der Waals surface area contributed by atoms with Gasteiger partial charge < -0.3 is 10.2 Å². The zero-order valence-corrected chi connectivity index (χ0v) is 17.1. The van der Waals surface area contributed by atoms with E-state index >= 15 is 0 Å². The van der Waals surface area contributed by atoms with Crippen molar-refractivity contribution < 1.29 is 8.42 Å². The molecule has 2 heterocycles. The Morgan fingerprint density at radius 1 is 1.32 bits per heavy atom. The van der Waals surface area contributed by atoms with Crippen LogP contribution in [0.25, 0.3) is 0 Å². The smallest absolute Gasteiger partial charge is 0.194 e. The predicted octanol–water partition coefficient (Wildman–Crippen LogP) is 2.53. The molecule has 1 atom stereocenters. The molecule has 5 nitrogen and oxygen atoms in total. The van der Waals surface area contributed by atoms with E-state index in [9.17, 15) is 8.42 Å². The van der Waals surface area contributed by atoms with E-state index in [4.69, 9.17) is 4.99 Å². The molecule has 0 aromatic carbocycles. The maximum atomic E-state index is 11.7. The third kappa shape index (κ3) is 5.28. The van der Waals surface area contributed by atoms with Crippen LogP contribution in [0.1, 0.15) is 51.9 Å². The zero-order valence-electron chi connectivity index (χ0n) is 15.5. The van der Waals surface area contributed by atoms with Gasteiger partial charge in [0.05, 0.1) is 11.5 Å². The lowest BCUT2D eigenvalue weighted by molar-refractivity contribution is 0.292. The molecule has 1 spiro atoms. The molecular weight excluding hydrogens is 354 g/mol. The van der Waals surface area contributed by atoms with E-state index < -0.39 is 9.84 Å². The van der Waals surface area contributed by atoms with Crippen LogP contribution in [0.5, 0.6) is 0 Å². The van der Waals surface area contributed by atoms with Crippen LogP contribution in [-0.4, -0.2) is 67.5 Å². The number of aliphatic imine (C=N–C) groups is 1. The summed E-state index contributed by atoms with van der Waals surface area (Å²) in [5.74, 6) is 3.04. The lowest BCUT2D eigenvalue weighted by Gasteiger charge is -2.45. The van der Waals surface area contributed by atoms with Gasteiger partial charge in [0.2, 0.25) is 0 Å². The molecule has 7 heteroatoms. The lowest BCUT2D eigenvalue weighted by Crippen LogP contribution is -2.53. The van der Waals surface area contributed by atoms with Crippen LogP contribution in [0.2, 0.25) is 0 Å². The van der Waals surface area contributed by atoms with Crippen molar-refractivity contribution in [2.75, 3.05) is 43.4 Å². The predicted molar refractivity (Wildman–Crippen MR) is 107 cm³/mol. The van der Waals surface area contributed by atoms with Gasteiger partial charge in [0.15, 0.2) is 15.8 Å². The van der Waals surface area contributed by atoms with E-state index in [0.717, 1.165) is 38.4 Å². The van der Waals surface area contributed by atoms with Crippen LogP contribution in [0.4, 0.5) is 0 Å². The van der Waals surface area contributed by atoms with E-state index in [0.29, 0.717) is 22.8 Å². The van der Waals surface area contributed by atoms with Gasteiger partial charge in [-0.05, 0) is 31.6 Å². The molecule has 144 valence electrons. The van der Waals surface area contributed by atoms with E-state index in [1.165, 1.54) is 37.9 Å². The Balaban J connectivity index is 1.65. The minimum atomic E-state index is -2.81. The Morgan fingerprint density at radius 2 is 2.12 bits per heavy atom. The molecule has 0 aromatic rings. The molecule has 1 saturated carbocycles. The number of thioether (sulfide) groups is 1. The van der Waals surface area contributed by atoms with Crippen molar-refractivity contribution in [3.8, 4) is 0 Å². The summed E-state index contributed by atoms with van der Waals surface area (Å²) in [6.07, 6.45) is 8.60. The maximum Gasteiger partial charge on any atom is 0.194 e. The Morgan fingerprint density at radius 3 is 2.80 bits per heavy atom. The van der Waals surface area contributed by atoms with Gasteiger partial charge in [0, 0.05) is 36.7 Å². The van der Waals surface area contributed by atoms with Gasteiger partial charge in [-0.25, -0.2) is 8.42 Å². The lowest BCUT2D eigenvalue weighted by atomic mass is 9.87.